The lowest BCUT2D eigenvalue weighted by atomic mass is 10.0. The molecule has 4 rings (SSSR count). The van der Waals surface area contributed by atoms with Crippen molar-refractivity contribution < 1.29 is 4.79 Å². The minimum absolute atomic E-state index is 0.102. The van der Waals surface area contributed by atoms with E-state index in [1.165, 1.54) is 17.1 Å². The second-order valence-corrected chi connectivity index (χ2v) is 8.86. The predicted octanol–water partition coefficient (Wildman–Crippen LogP) is 5.15. The number of rotatable bonds is 6. The van der Waals surface area contributed by atoms with E-state index in [-0.39, 0.29) is 11.2 Å². The molecule has 1 fully saturated rings. The number of carbonyl (C=O) groups excluding carboxylic acids is 1. The van der Waals surface area contributed by atoms with E-state index >= 15 is 0 Å². The molecule has 1 aliphatic heterocycles. The van der Waals surface area contributed by atoms with Gasteiger partial charge in [-0.25, -0.2) is 0 Å². The van der Waals surface area contributed by atoms with Crippen molar-refractivity contribution in [1.29, 1.82) is 0 Å². The molecular weight excluding hydrogens is 404 g/mol. The molecule has 31 heavy (non-hydrogen) atoms. The van der Waals surface area contributed by atoms with Crippen molar-refractivity contribution >= 4 is 45.5 Å². The Hall–Kier alpha value is -3.12. The highest BCUT2D eigenvalue weighted by Gasteiger charge is 2.37. The third-order valence-electron chi connectivity index (χ3n) is 5.36. The summed E-state index contributed by atoms with van der Waals surface area (Å²) in [6, 6.07) is 22.6. The van der Waals surface area contributed by atoms with Crippen molar-refractivity contribution in [2.75, 3.05) is 19.0 Å². The maximum atomic E-state index is 13.0. The maximum absolute atomic E-state index is 13.0. The van der Waals surface area contributed by atoms with E-state index in [0.29, 0.717) is 11.7 Å². The van der Waals surface area contributed by atoms with Crippen LogP contribution in [-0.4, -0.2) is 41.5 Å². The number of fused-ring (bicyclic) bond motifs is 1. The summed E-state index contributed by atoms with van der Waals surface area (Å²) in [6.07, 6.45) is 2.50. The molecule has 0 spiro atoms. The smallest absolute Gasteiger partial charge is 0.242 e. The number of benzene rings is 3. The van der Waals surface area contributed by atoms with E-state index < -0.39 is 0 Å². The summed E-state index contributed by atoms with van der Waals surface area (Å²) in [5, 5.41) is 11.6. The van der Waals surface area contributed by atoms with Gasteiger partial charge in [0.2, 0.25) is 5.91 Å². The molecule has 0 aromatic heterocycles. The third-order valence-corrected chi connectivity index (χ3v) is 6.69. The van der Waals surface area contributed by atoms with Crippen molar-refractivity contribution in [3.05, 3.63) is 77.9 Å². The van der Waals surface area contributed by atoms with Gasteiger partial charge in [-0.05, 0) is 40.5 Å². The Morgan fingerprint density at radius 1 is 1.03 bits per heavy atom. The van der Waals surface area contributed by atoms with Crippen LogP contribution in [0.1, 0.15) is 24.5 Å². The summed E-state index contributed by atoms with van der Waals surface area (Å²) in [5.41, 5.74) is 3.21. The number of carbonyl (C=O) groups is 1. The normalized spacial score (nSPS) is 17.9. The highest BCUT2D eigenvalue weighted by molar-refractivity contribution is 8.15. The van der Waals surface area contributed by atoms with E-state index in [1.54, 1.807) is 11.1 Å². The van der Waals surface area contributed by atoms with E-state index in [1.807, 2.05) is 63.5 Å². The molecular formula is C25H26N4OS. The quantitative estimate of drug-likeness (QED) is 0.401. The monoisotopic (exact) mass is 430 g/mol. The fourth-order valence-corrected chi connectivity index (χ4v) is 4.62. The van der Waals surface area contributed by atoms with Gasteiger partial charge in [0.05, 0.1) is 18.0 Å². The Morgan fingerprint density at radius 3 is 2.52 bits per heavy atom. The van der Waals surface area contributed by atoms with Crippen molar-refractivity contribution in [2.24, 2.45) is 10.2 Å². The predicted molar refractivity (Wildman–Crippen MR) is 132 cm³/mol. The van der Waals surface area contributed by atoms with Crippen LogP contribution in [0.2, 0.25) is 0 Å². The van der Waals surface area contributed by atoms with Crippen molar-refractivity contribution in [3.63, 3.8) is 0 Å². The Balaban J connectivity index is 1.58. The minimum Gasteiger partial charge on any atom is -0.378 e. The summed E-state index contributed by atoms with van der Waals surface area (Å²) < 4.78 is 0. The Morgan fingerprint density at radius 2 is 1.77 bits per heavy atom. The lowest BCUT2D eigenvalue weighted by Gasteiger charge is -2.17. The first-order valence-electron chi connectivity index (χ1n) is 10.4. The molecule has 0 N–H and O–H groups in total. The Bertz CT molecular complexity index is 1130. The molecule has 0 radical (unpaired) electrons. The molecule has 1 heterocycles. The summed E-state index contributed by atoms with van der Waals surface area (Å²) in [4.78, 5) is 16.8. The van der Waals surface area contributed by atoms with Gasteiger partial charge in [-0.3, -0.25) is 9.69 Å². The second kappa shape index (κ2) is 9.35. The van der Waals surface area contributed by atoms with Gasteiger partial charge in [0.25, 0.3) is 0 Å². The third kappa shape index (κ3) is 4.64. The highest BCUT2D eigenvalue weighted by Crippen LogP contribution is 2.32. The number of hydrogen-bond acceptors (Lipinski definition) is 5. The maximum Gasteiger partial charge on any atom is 0.242 e. The van der Waals surface area contributed by atoms with Crippen molar-refractivity contribution in [2.45, 2.75) is 25.1 Å². The molecule has 1 aliphatic rings. The van der Waals surface area contributed by atoms with E-state index in [2.05, 4.69) is 39.4 Å². The molecule has 1 amide bonds. The number of thioether (sulfide) groups is 1. The van der Waals surface area contributed by atoms with Crippen LogP contribution in [0.5, 0.6) is 0 Å². The zero-order valence-electron chi connectivity index (χ0n) is 18.0. The molecule has 1 saturated heterocycles. The Kier molecular flexibility index (Phi) is 6.37. The fraction of sp³-hybridized carbons (Fsp3) is 0.240. The van der Waals surface area contributed by atoms with Crippen LogP contribution in [-0.2, 0) is 11.3 Å². The van der Waals surface area contributed by atoms with E-state index in [9.17, 15) is 4.79 Å². The molecule has 5 nitrogen and oxygen atoms in total. The summed E-state index contributed by atoms with van der Waals surface area (Å²) in [7, 11) is 4.02. The molecule has 1 unspecified atom stereocenters. The van der Waals surface area contributed by atoms with E-state index in [4.69, 9.17) is 0 Å². The lowest BCUT2D eigenvalue weighted by molar-refractivity contribution is -0.126. The van der Waals surface area contributed by atoms with Crippen LogP contribution >= 0.6 is 11.8 Å². The first kappa shape index (κ1) is 21.1. The van der Waals surface area contributed by atoms with Gasteiger partial charge in [-0.2, -0.15) is 5.10 Å². The van der Waals surface area contributed by atoms with Crippen molar-refractivity contribution in [3.8, 4) is 0 Å². The summed E-state index contributed by atoms with van der Waals surface area (Å²) in [5.74, 6) is 0.102. The zero-order chi connectivity index (χ0) is 21.8. The number of nitrogens with zero attached hydrogens (tertiary/aromatic N) is 4. The average Bonchev–Trinajstić information content (AvgIpc) is 3.09. The first-order chi connectivity index (χ1) is 15.1. The van der Waals surface area contributed by atoms with E-state index in [0.717, 1.165) is 28.6 Å². The van der Waals surface area contributed by atoms with Crippen molar-refractivity contribution in [1.82, 2.24) is 4.90 Å². The molecule has 0 saturated carbocycles. The molecule has 0 aliphatic carbocycles. The number of hydrogen-bond donors (Lipinski definition) is 0. The van der Waals surface area contributed by atoms with Gasteiger partial charge in [0, 0.05) is 19.8 Å². The standard InChI is InChI=1S/C25H26N4OS/c1-4-23-24(30)29(17-20-10-7-9-19-8-5-6-11-22(19)20)25(31-23)27-26-16-18-12-14-21(15-13-18)28(2)3/h5-16,23H,4,17H2,1-3H3/b26-16+,27-25-. The number of amides is 1. The number of anilines is 1. The fourth-order valence-electron chi connectivity index (χ4n) is 3.59. The van der Waals surface area contributed by atoms with Gasteiger partial charge in [-0.15, -0.1) is 5.10 Å². The topological polar surface area (TPSA) is 48.3 Å². The van der Waals surface area contributed by atoms with Crippen LogP contribution in [0.3, 0.4) is 0 Å². The molecule has 3 aromatic rings. The van der Waals surface area contributed by atoms with Crippen LogP contribution in [0.25, 0.3) is 10.8 Å². The highest BCUT2D eigenvalue weighted by atomic mass is 32.2. The first-order valence-corrected chi connectivity index (χ1v) is 11.3. The molecule has 0 bridgehead atoms. The van der Waals surface area contributed by atoms with Gasteiger partial charge < -0.3 is 4.90 Å². The molecule has 6 heteroatoms. The molecule has 158 valence electrons. The molecule has 3 aromatic carbocycles. The molecule has 1 atom stereocenters. The summed E-state index contributed by atoms with van der Waals surface area (Å²) >= 11 is 1.50. The SMILES string of the molecule is CCC1S/C(=N\N=C\c2ccc(N(C)C)cc2)N(Cc2cccc3ccccc23)C1=O. The zero-order valence-corrected chi connectivity index (χ0v) is 18.8. The second-order valence-electron chi connectivity index (χ2n) is 7.69. The van der Waals surface area contributed by atoms with Gasteiger partial charge >= 0.3 is 0 Å². The lowest BCUT2D eigenvalue weighted by Crippen LogP contribution is -2.31. The van der Waals surface area contributed by atoms with Crippen LogP contribution in [0, 0.1) is 0 Å². The van der Waals surface area contributed by atoms with Gasteiger partial charge in [0.1, 0.15) is 0 Å². The van der Waals surface area contributed by atoms with Gasteiger partial charge in [0.15, 0.2) is 5.17 Å². The van der Waals surface area contributed by atoms with Crippen LogP contribution in [0.4, 0.5) is 5.69 Å². The number of amidine groups is 1. The summed E-state index contributed by atoms with van der Waals surface area (Å²) in [6.45, 7) is 2.53. The minimum atomic E-state index is -0.108. The largest absolute Gasteiger partial charge is 0.378 e. The Labute approximate surface area is 187 Å². The van der Waals surface area contributed by atoms with Crippen LogP contribution < -0.4 is 4.90 Å². The average molecular weight is 431 g/mol. The van der Waals surface area contributed by atoms with Gasteiger partial charge in [-0.1, -0.05) is 73.3 Å². The van der Waals surface area contributed by atoms with Crippen LogP contribution in [0.15, 0.2) is 76.9 Å².